The number of amides is 3. The topological polar surface area (TPSA) is 87.3 Å². The number of rotatable bonds is 8. The lowest BCUT2D eigenvalue weighted by Crippen LogP contribution is -2.37. The lowest BCUT2D eigenvalue weighted by molar-refractivity contribution is -0.126. The van der Waals surface area contributed by atoms with Gasteiger partial charge in [0.15, 0.2) is 0 Å². The van der Waals surface area contributed by atoms with Crippen molar-refractivity contribution in [3.63, 3.8) is 0 Å². The van der Waals surface area contributed by atoms with Gasteiger partial charge in [0.25, 0.3) is 0 Å². The van der Waals surface area contributed by atoms with Gasteiger partial charge in [-0.2, -0.15) is 0 Å². The number of anilines is 1. The summed E-state index contributed by atoms with van der Waals surface area (Å²) in [6.07, 6.45) is 0.248. The Balaban J connectivity index is 1.93. The average molecular weight is 385 g/mol. The van der Waals surface area contributed by atoms with Gasteiger partial charge in [0.05, 0.1) is 19.0 Å². The first-order valence-corrected chi connectivity index (χ1v) is 9.08. The second kappa shape index (κ2) is 10.2. The summed E-state index contributed by atoms with van der Waals surface area (Å²) in [7, 11) is 0. The molecular formula is C21H24FN3O3. The second-order valence-corrected chi connectivity index (χ2v) is 6.36. The Morgan fingerprint density at radius 3 is 2.46 bits per heavy atom. The summed E-state index contributed by atoms with van der Waals surface area (Å²) in [6, 6.07) is 12.9. The zero-order valence-corrected chi connectivity index (χ0v) is 15.9. The van der Waals surface area contributed by atoms with Gasteiger partial charge in [0.1, 0.15) is 5.82 Å². The molecule has 0 saturated heterocycles. The molecule has 0 aliphatic carbocycles. The Bertz CT molecular complexity index is 854. The van der Waals surface area contributed by atoms with Crippen molar-refractivity contribution in [2.45, 2.75) is 32.7 Å². The van der Waals surface area contributed by atoms with Gasteiger partial charge >= 0.3 is 0 Å². The first kappa shape index (κ1) is 21.1. The highest BCUT2D eigenvalue weighted by Gasteiger charge is 2.12. The molecule has 3 amide bonds. The third-order valence-corrected chi connectivity index (χ3v) is 4.12. The molecule has 0 bridgehead atoms. The molecule has 0 aromatic heterocycles. The molecule has 0 fully saturated rings. The molecule has 2 aromatic carbocycles. The van der Waals surface area contributed by atoms with Gasteiger partial charge in [-0.05, 0) is 36.2 Å². The van der Waals surface area contributed by atoms with E-state index >= 15 is 0 Å². The van der Waals surface area contributed by atoms with Crippen LogP contribution in [0.15, 0.2) is 48.5 Å². The van der Waals surface area contributed by atoms with Gasteiger partial charge in [-0.15, -0.1) is 0 Å². The summed E-state index contributed by atoms with van der Waals surface area (Å²) < 4.78 is 13.7. The molecule has 2 aromatic rings. The summed E-state index contributed by atoms with van der Waals surface area (Å²) in [6.45, 7) is 3.43. The maximum absolute atomic E-state index is 13.7. The largest absolute Gasteiger partial charge is 0.348 e. The molecule has 0 aliphatic heterocycles. The lowest BCUT2D eigenvalue weighted by atomic mass is 10.1. The Hall–Kier alpha value is -3.22. The molecule has 0 spiro atoms. The molecule has 28 heavy (non-hydrogen) atoms. The number of hydrogen-bond acceptors (Lipinski definition) is 3. The monoisotopic (exact) mass is 385 g/mol. The van der Waals surface area contributed by atoms with Crippen LogP contribution in [0.5, 0.6) is 0 Å². The highest BCUT2D eigenvalue weighted by molar-refractivity contribution is 5.92. The van der Waals surface area contributed by atoms with E-state index in [9.17, 15) is 18.8 Å². The minimum absolute atomic E-state index is 0.0691. The van der Waals surface area contributed by atoms with Crippen LogP contribution in [0, 0.1) is 5.82 Å². The van der Waals surface area contributed by atoms with Crippen LogP contribution in [0.25, 0.3) is 0 Å². The van der Waals surface area contributed by atoms with Gasteiger partial charge < -0.3 is 16.0 Å². The van der Waals surface area contributed by atoms with Crippen molar-refractivity contribution in [1.82, 2.24) is 10.6 Å². The molecule has 1 unspecified atom stereocenters. The van der Waals surface area contributed by atoms with Gasteiger partial charge in [-0.3, -0.25) is 14.4 Å². The summed E-state index contributed by atoms with van der Waals surface area (Å²) in [5.41, 5.74) is 1.67. The Labute approximate surface area is 163 Å². The van der Waals surface area contributed by atoms with Crippen LogP contribution in [0.1, 0.15) is 37.4 Å². The minimum atomic E-state index is -0.419. The van der Waals surface area contributed by atoms with E-state index in [1.54, 1.807) is 50.2 Å². The van der Waals surface area contributed by atoms with Crippen LogP contribution in [-0.4, -0.2) is 24.3 Å². The molecular weight excluding hydrogens is 361 g/mol. The molecule has 2 rings (SSSR count). The van der Waals surface area contributed by atoms with Gasteiger partial charge in [0, 0.05) is 12.1 Å². The molecule has 6 nitrogen and oxygen atoms in total. The summed E-state index contributed by atoms with van der Waals surface area (Å²) >= 11 is 0. The first-order valence-electron chi connectivity index (χ1n) is 9.08. The van der Waals surface area contributed by atoms with Crippen molar-refractivity contribution in [3.05, 3.63) is 65.5 Å². The summed E-state index contributed by atoms with van der Waals surface area (Å²) in [5.74, 6) is -1.25. The maximum atomic E-state index is 13.7. The van der Waals surface area contributed by atoms with E-state index in [-0.39, 0.29) is 36.7 Å². The van der Waals surface area contributed by atoms with E-state index in [0.717, 1.165) is 5.56 Å². The lowest BCUT2D eigenvalue weighted by Gasteiger charge is -2.16. The van der Waals surface area contributed by atoms with E-state index in [1.807, 2.05) is 6.07 Å². The molecule has 7 heteroatoms. The molecule has 0 heterocycles. The van der Waals surface area contributed by atoms with Crippen LogP contribution in [0.2, 0.25) is 0 Å². The third-order valence-electron chi connectivity index (χ3n) is 4.12. The Morgan fingerprint density at radius 1 is 1.00 bits per heavy atom. The van der Waals surface area contributed by atoms with E-state index in [1.165, 1.54) is 6.07 Å². The number of carbonyl (C=O) groups excluding carboxylic acids is 3. The van der Waals surface area contributed by atoms with Crippen molar-refractivity contribution >= 4 is 23.4 Å². The van der Waals surface area contributed by atoms with E-state index in [2.05, 4.69) is 16.0 Å². The van der Waals surface area contributed by atoms with Crippen molar-refractivity contribution in [2.24, 2.45) is 0 Å². The average Bonchev–Trinajstić information content (AvgIpc) is 2.68. The SMILES string of the molecule is CCC(=O)NCC(=O)NC(C)c1cccc(NC(=O)Cc2ccccc2F)c1. The van der Waals surface area contributed by atoms with Crippen molar-refractivity contribution < 1.29 is 18.8 Å². The zero-order chi connectivity index (χ0) is 20.5. The fourth-order valence-electron chi connectivity index (χ4n) is 2.59. The normalized spacial score (nSPS) is 11.4. The molecule has 0 radical (unpaired) electrons. The van der Waals surface area contributed by atoms with Gasteiger partial charge in [-0.1, -0.05) is 37.3 Å². The standard InChI is InChI=1S/C21H24FN3O3/c1-3-19(26)23-13-21(28)24-14(2)15-8-6-9-17(11-15)25-20(27)12-16-7-4-5-10-18(16)22/h4-11,14H,3,12-13H2,1-2H3,(H,23,26)(H,24,28)(H,25,27). The number of benzene rings is 2. The fourth-order valence-corrected chi connectivity index (χ4v) is 2.59. The van der Waals surface area contributed by atoms with Crippen molar-refractivity contribution in [2.75, 3.05) is 11.9 Å². The third kappa shape index (κ3) is 6.50. The number of hydrogen-bond donors (Lipinski definition) is 3. The second-order valence-electron chi connectivity index (χ2n) is 6.36. The van der Waals surface area contributed by atoms with Gasteiger partial charge in [-0.25, -0.2) is 4.39 Å². The van der Waals surface area contributed by atoms with E-state index in [0.29, 0.717) is 17.7 Å². The molecule has 1 atom stereocenters. The predicted molar refractivity (Wildman–Crippen MR) is 105 cm³/mol. The highest BCUT2D eigenvalue weighted by atomic mass is 19.1. The van der Waals surface area contributed by atoms with Crippen molar-refractivity contribution in [3.8, 4) is 0 Å². The minimum Gasteiger partial charge on any atom is -0.348 e. The number of carbonyl (C=O) groups is 3. The Morgan fingerprint density at radius 2 is 1.75 bits per heavy atom. The zero-order valence-electron chi connectivity index (χ0n) is 15.9. The van der Waals surface area contributed by atoms with Crippen molar-refractivity contribution in [1.29, 1.82) is 0 Å². The predicted octanol–water partition coefficient (Wildman–Crippen LogP) is 2.71. The molecule has 148 valence electrons. The maximum Gasteiger partial charge on any atom is 0.239 e. The van der Waals surface area contributed by atoms with E-state index in [4.69, 9.17) is 0 Å². The molecule has 0 saturated carbocycles. The Kier molecular flexibility index (Phi) is 7.68. The van der Waals surface area contributed by atoms with E-state index < -0.39 is 5.82 Å². The number of nitrogens with one attached hydrogen (secondary N) is 3. The first-order chi connectivity index (χ1) is 13.4. The fraction of sp³-hybridized carbons (Fsp3) is 0.286. The molecule has 0 aliphatic rings. The van der Waals surface area contributed by atoms with Crippen LogP contribution in [0.4, 0.5) is 10.1 Å². The summed E-state index contributed by atoms with van der Waals surface area (Å²) in [5, 5.41) is 8.04. The highest BCUT2D eigenvalue weighted by Crippen LogP contribution is 2.18. The van der Waals surface area contributed by atoms with Crippen LogP contribution < -0.4 is 16.0 Å². The smallest absolute Gasteiger partial charge is 0.239 e. The van der Waals surface area contributed by atoms with Crippen LogP contribution >= 0.6 is 0 Å². The number of halogens is 1. The summed E-state index contributed by atoms with van der Waals surface area (Å²) in [4.78, 5) is 35.3. The molecule has 3 N–H and O–H groups in total. The van der Waals surface area contributed by atoms with Crippen LogP contribution in [0.3, 0.4) is 0 Å². The van der Waals surface area contributed by atoms with Crippen LogP contribution in [-0.2, 0) is 20.8 Å². The quantitative estimate of drug-likeness (QED) is 0.653. The van der Waals surface area contributed by atoms with Gasteiger partial charge in [0.2, 0.25) is 17.7 Å².